The molecule has 3 amide bonds. The summed E-state index contributed by atoms with van der Waals surface area (Å²) in [6.07, 6.45) is 7.18. The van der Waals surface area contributed by atoms with E-state index in [4.69, 9.17) is 11.2 Å². The molecule has 0 aromatic heterocycles. The minimum absolute atomic E-state index is 0.121. The third-order valence-corrected chi connectivity index (χ3v) is 5.71. The van der Waals surface area contributed by atoms with Crippen LogP contribution in [0.1, 0.15) is 84.9 Å². The summed E-state index contributed by atoms with van der Waals surface area (Å²) in [6, 6.07) is 4.78. The molecule has 1 aromatic rings. The maximum absolute atomic E-state index is 13.8. The van der Waals surface area contributed by atoms with Crippen LogP contribution in [0, 0.1) is 25.3 Å². The highest BCUT2D eigenvalue weighted by Gasteiger charge is 2.39. The molecule has 0 saturated carbocycles. The molecule has 0 spiro atoms. The van der Waals surface area contributed by atoms with Gasteiger partial charge in [-0.2, -0.15) is 0 Å². The minimum Gasteiger partial charge on any atom is -0.507 e. The first kappa shape index (κ1) is 29.8. The van der Waals surface area contributed by atoms with Gasteiger partial charge < -0.3 is 20.5 Å². The first-order valence-corrected chi connectivity index (χ1v) is 12.1. The molecule has 3 N–H and O–H groups in total. The van der Waals surface area contributed by atoms with Crippen LogP contribution in [-0.4, -0.2) is 45.6 Å². The Balaban J connectivity index is 3.49. The van der Waals surface area contributed by atoms with Gasteiger partial charge in [0.15, 0.2) is 6.04 Å². The Morgan fingerprint density at radius 3 is 2.31 bits per heavy atom. The minimum atomic E-state index is -1.29. The third-order valence-electron chi connectivity index (χ3n) is 5.71. The number of rotatable bonds is 10. The highest BCUT2D eigenvalue weighted by atomic mass is 16.6. The van der Waals surface area contributed by atoms with Gasteiger partial charge in [0.2, 0.25) is 5.91 Å². The van der Waals surface area contributed by atoms with E-state index in [0.29, 0.717) is 12.0 Å². The van der Waals surface area contributed by atoms with E-state index in [0.717, 1.165) is 17.7 Å². The average molecular weight is 488 g/mol. The molecular formula is C27H41N3O5. The summed E-state index contributed by atoms with van der Waals surface area (Å²) < 4.78 is 5.34. The zero-order chi connectivity index (χ0) is 26.9. The number of phenols is 1. The van der Waals surface area contributed by atoms with Crippen LogP contribution in [0.25, 0.3) is 0 Å². The van der Waals surface area contributed by atoms with E-state index < -0.39 is 35.6 Å². The maximum atomic E-state index is 13.8. The molecule has 1 rings (SSSR count). The number of alkyl carbamates (subject to hydrolysis) is 1. The molecule has 0 aliphatic rings. The van der Waals surface area contributed by atoms with Crippen molar-refractivity contribution in [1.29, 1.82) is 0 Å². The highest BCUT2D eigenvalue weighted by molar-refractivity contribution is 5.94. The maximum Gasteiger partial charge on any atom is 0.408 e. The molecule has 8 heteroatoms. The summed E-state index contributed by atoms with van der Waals surface area (Å²) in [4.78, 5) is 40.7. The number of benzene rings is 1. The lowest BCUT2D eigenvalue weighted by atomic mass is 9.95. The number of carbonyl (C=O) groups is 3. The van der Waals surface area contributed by atoms with Gasteiger partial charge in [-0.1, -0.05) is 58.2 Å². The van der Waals surface area contributed by atoms with Gasteiger partial charge in [-0.3, -0.25) is 14.5 Å². The highest BCUT2D eigenvalue weighted by Crippen LogP contribution is 2.32. The second-order valence-electron chi connectivity index (χ2n) is 9.96. The van der Waals surface area contributed by atoms with Gasteiger partial charge in [0.25, 0.3) is 5.91 Å². The molecule has 0 saturated heterocycles. The Bertz CT molecular complexity index is 932. The first-order valence-electron chi connectivity index (χ1n) is 12.1. The van der Waals surface area contributed by atoms with Crippen molar-refractivity contribution in [2.24, 2.45) is 5.92 Å². The molecule has 0 heterocycles. The number of aromatic hydroxyl groups is 1. The molecule has 1 aromatic carbocycles. The number of para-hydroxylation sites is 1. The Morgan fingerprint density at radius 2 is 1.80 bits per heavy atom. The zero-order valence-electron chi connectivity index (χ0n) is 22.3. The molecule has 0 aliphatic heterocycles. The lowest BCUT2D eigenvalue weighted by Crippen LogP contribution is -2.54. The first-order chi connectivity index (χ1) is 16.3. The van der Waals surface area contributed by atoms with Gasteiger partial charge in [0.1, 0.15) is 17.4 Å². The monoisotopic (exact) mass is 487 g/mol. The Hall–Kier alpha value is -3.21. The van der Waals surface area contributed by atoms with Crippen LogP contribution in [0.15, 0.2) is 18.2 Å². The quantitative estimate of drug-likeness (QED) is 0.335. The van der Waals surface area contributed by atoms with Gasteiger partial charge in [0.05, 0.1) is 0 Å². The van der Waals surface area contributed by atoms with Gasteiger partial charge in [0, 0.05) is 17.6 Å². The van der Waals surface area contributed by atoms with Crippen LogP contribution in [0.4, 0.5) is 4.79 Å². The molecular weight excluding hydrogens is 446 g/mol. The topological polar surface area (TPSA) is 108 Å². The molecule has 0 bridgehead atoms. The number of nitrogens with one attached hydrogen (secondary N) is 2. The molecule has 0 fully saturated rings. The fourth-order valence-corrected chi connectivity index (χ4v) is 3.66. The summed E-state index contributed by atoms with van der Waals surface area (Å²) in [5.41, 5.74) is -0.0150. The lowest BCUT2D eigenvalue weighted by Gasteiger charge is -2.33. The molecule has 8 nitrogen and oxygen atoms in total. The largest absolute Gasteiger partial charge is 0.507 e. The Labute approximate surface area is 209 Å². The van der Waals surface area contributed by atoms with Crippen LogP contribution in [-0.2, 0) is 14.3 Å². The molecule has 35 heavy (non-hydrogen) atoms. The van der Waals surface area contributed by atoms with E-state index in [9.17, 15) is 19.5 Å². The van der Waals surface area contributed by atoms with Gasteiger partial charge >= 0.3 is 6.09 Å². The second-order valence-corrected chi connectivity index (χ2v) is 9.96. The van der Waals surface area contributed by atoms with Crippen LogP contribution in [0.2, 0.25) is 0 Å². The van der Waals surface area contributed by atoms with Gasteiger partial charge in [-0.25, -0.2) is 4.79 Å². The van der Waals surface area contributed by atoms with E-state index in [-0.39, 0.29) is 23.3 Å². The van der Waals surface area contributed by atoms with Crippen molar-refractivity contribution < 1.29 is 24.2 Å². The predicted octanol–water partition coefficient (Wildman–Crippen LogP) is 4.41. The number of hydrogen-bond donors (Lipinski definition) is 3. The van der Waals surface area contributed by atoms with E-state index in [1.54, 1.807) is 52.8 Å². The van der Waals surface area contributed by atoms with Gasteiger partial charge in [-0.15, -0.1) is 0 Å². The summed E-state index contributed by atoms with van der Waals surface area (Å²) in [5, 5.41) is 16.3. The standard InChI is InChI=1S/C27H41N3O5/c1-10-14-19(6)28-24(32)22(20-16-13-15-18(5)23(20)31)30(12-3)25(33)21(17(4)11-2)29-26(34)35-27(7,8)9/h3,13,15-17,19,21-22,31H,10-11,14H2,1-2,4-9H3,(H,28,32)(H,29,34). The summed E-state index contributed by atoms with van der Waals surface area (Å²) >= 11 is 0. The summed E-state index contributed by atoms with van der Waals surface area (Å²) in [5.74, 6) is -1.58. The molecule has 4 unspecified atom stereocenters. The molecule has 0 aliphatic carbocycles. The van der Waals surface area contributed by atoms with Crippen molar-refractivity contribution in [2.45, 2.75) is 98.4 Å². The fourth-order valence-electron chi connectivity index (χ4n) is 3.66. The Kier molecular flexibility index (Phi) is 11.1. The number of terminal acetylenes is 1. The second kappa shape index (κ2) is 13.0. The van der Waals surface area contributed by atoms with Crippen LogP contribution in [0.3, 0.4) is 0 Å². The van der Waals surface area contributed by atoms with Crippen molar-refractivity contribution >= 4 is 17.9 Å². The van der Waals surface area contributed by atoms with Gasteiger partial charge in [-0.05, 0) is 52.5 Å². The normalized spacial score (nSPS) is 14.6. The number of nitrogens with zero attached hydrogens (tertiary/aromatic N) is 1. The smallest absolute Gasteiger partial charge is 0.408 e. The summed E-state index contributed by atoms with van der Waals surface area (Å²) in [7, 11) is 0. The number of amides is 3. The molecule has 4 atom stereocenters. The van der Waals surface area contributed by atoms with Crippen LogP contribution >= 0.6 is 0 Å². The van der Waals surface area contributed by atoms with E-state index >= 15 is 0 Å². The van der Waals surface area contributed by atoms with Crippen LogP contribution in [0.5, 0.6) is 5.75 Å². The number of phenolic OH excluding ortho intramolecular Hbond substituents is 1. The van der Waals surface area contributed by atoms with E-state index in [2.05, 4.69) is 16.7 Å². The SMILES string of the molecule is C#CN(C(=O)C(NC(=O)OC(C)(C)C)C(C)CC)C(C(=O)NC(C)CCC)c1cccc(C)c1O. The van der Waals surface area contributed by atoms with Crippen molar-refractivity contribution in [3.05, 3.63) is 29.3 Å². The van der Waals surface area contributed by atoms with E-state index in [1.165, 1.54) is 0 Å². The lowest BCUT2D eigenvalue weighted by molar-refractivity contribution is -0.139. The number of hydrogen-bond acceptors (Lipinski definition) is 5. The van der Waals surface area contributed by atoms with Crippen molar-refractivity contribution in [1.82, 2.24) is 15.5 Å². The number of carbonyl (C=O) groups excluding carboxylic acids is 3. The fraction of sp³-hybridized carbons (Fsp3) is 0.593. The molecule has 0 radical (unpaired) electrons. The van der Waals surface area contributed by atoms with Crippen molar-refractivity contribution in [2.75, 3.05) is 0 Å². The van der Waals surface area contributed by atoms with Crippen LogP contribution < -0.4 is 10.6 Å². The number of aryl methyl sites for hydroxylation is 1. The average Bonchev–Trinajstić information content (AvgIpc) is 2.75. The van der Waals surface area contributed by atoms with Crippen molar-refractivity contribution in [3.63, 3.8) is 0 Å². The predicted molar refractivity (Wildman–Crippen MR) is 136 cm³/mol. The number of ether oxygens (including phenoxy) is 1. The van der Waals surface area contributed by atoms with Crippen molar-refractivity contribution in [3.8, 4) is 18.2 Å². The van der Waals surface area contributed by atoms with E-state index in [1.807, 2.05) is 20.8 Å². The Morgan fingerprint density at radius 1 is 1.17 bits per heavy atom. The summed E-state index contributed by atoms with van der Waals surface area (Å²) in [6.45, 7) is 14.4. The molecule has 194 valence electrons. The zero-order valence-corrected chi connectivity index (χ0v) is 22.3. The third kappa shape index (κ3) is 8.50.